The van der Waals surface area contributed by atoms with E-state index in [1.807, 2.05) is 0 Å². The summed E-state index contributed by atoms with van der Waals surface area (Å²) in [5, 5.41) is 0. The van der Waals surface area contributed by atoms with Crippen LogP contribution in [0.25, 0.3) is 0 Å². The van der Waals surface area contributed by atoms with Gasteiger partial charge in [-0.2, -0.15) is 8.42 Å². The molecule has 1 aliphatic rings. The van der Waals surface area contributed by atoms with E-state index in [1.165, 1.54) is 4.90 Å². The van der Waals surface area contributed by atoms with E-state index in [0.29, 0.717) is 0 Å². The summed E-state index contributed by atoms with van der Waals surface area (Å²) in [6.45, 7) is 5.27. The molecule has 118 valence electrons. The molecule has 1 aliphatic heterocycles. The number of carbonyl (C=O) groups excluding carboxylic acids is 1. The van der Waals surface area contributed by atoms with Crippen molar-refractivity contribution in [2.24, 2.45) is 0 Å². The molecule has 1 amide bonds. The number of hydrogen-bond acceptors (Lipinski definition) is 5. The van der Waals surface area contributed by atoms with Crippen LogP contribution in [0.1, 0.15) is 33.6 Å². The second-order valence-corrected chi connectivity index (χ2v) is 7.57. The van der Waals surface area contributed by atoms with Crippen LogP contribution in [-0.4, -0.2) is 56.6 Å². The van der Waals surface area contributed by atoms with E-state index in [4.69, 9.17) is 8.92 Å². The normalized spacial score (nSPS) is 25.1. The highest BCUT2D eigenvalue weighted by atomic mass is 32.2. The molecule has 2 atom stereocenters. The summed E-state index contributed by atoms with van der Waals surface area (Å²) in [5.41, 5.74) is -0.655. The van der Waals surface area contributed by atoms with Gasteiger partial charge in [0, 0.05) is 13.0 Å². The Kier molecular flexibility index (Phi) is 5.37. The van der Waals surface area contributed by atoms with Crippen LogP contribution in [0.5, 0.6) is 0 Å². The maximum atomic E-state index is 13.8. The zero-order chi connectivity index (χ0) is 15.6. The Balaban J connectivity index is 2.65. The molecule has 1 saturated heterocycles. The Morgan fingerprint density at radius 3 is 2.45 bits per heavy atom. The fourth-order valence-electron chi connectivity index (χ4n) is 1.93. The first-order chi connectivity index (χ1) is 8.96. The molecule has 1 fully saturated rings. The van der Waals surface area contributed by atoms with Crippen LogP contribution in [0.3, 0.4) is 0 Å². The lowest BCUT2D eigenvalue weighted by Gasteiger charge is -2.26. The van der Waals surface area contributed by atoms with Gasteiger partial charge in [0.1, 0.15) is 11.8 Å². The second kappa shape index (κ2) is 6.26. The van der Waals surface area contributed by atoms with Crippen molar-refractivity contribution in [3.05, 3.63) is 0 Å². The molecule has 8 heteroatoms. The number of hydrogen-bond donors (Lipinski definition) is 0. The molecule has 20 heavy (non-hydrogen) atoms. The highest BCUT2D eigenvalue weighted by Crippen LogP contribution is 2.20. The molecular weight excluding hydrogens is 289 g/mol. The number of nitrogens with zero attached hydrogens (tertiary/aromatic N) is 1. The number of alkyl halides is 1. The van der Waals surface area contributed by atoms with Crippen molar-refractivity contribution in [1.29, 1.82) is 0 Å². The average molecular weight is 311 g/mol. The smallest absolute Gasteiger partial charge is 0.410 e. The Morgan fingerprint density at radius 2 is 1.95 bits per heavy atom. The predicted octanol–water partition coefficient (Wildman–Crippen LogP) is 1.70. The van der Waals surface area contributed by atoms with Gasteiger partial charge in [0.25, 0.3) is 10.1 Å². The Labute approximate surface area is 119 Å². The van der Waals surface area contributed by atoms with E-state index >= 15 is 0 Å². The number of rotatable bonds is 2. The van der Waals surface area contributed by atoms with Gasteiger partial charge in [0.15, 0.2) is 0 Å². The van der Waals surface area contributed by atoms with E-state index in [2.05, 4.69) is 0 Å². The molecule has 2 unspecified atom stereocenters. The van der Waals surface area contributed by atoms with Crippen LogP contribution in [0.4, 0.5) is 9.18 Å². The minimum atomic E-state index is -3.63. The van der Waals surface area contributed by atoms with Crippen molar-refractivity contribution in [3.8, 4) is 0 Å². The van der Waals surface area contributed by atoms with E-state index < -0.39 is 34.1 Å². The Morgan fingerprint density at radius 1 is 1.35 bits per heavy atom. The zero-order valence-corrected chi connectivity index (χ0v) is 13.1. The van der Waals surface area contributed by atoms with Gasteiger partial charge in [0.2, 0.25) is 0 Å². The molecular formula is C12H22FNO5S. The lowest BCUT2D eigenvalue weighted by atomic mass is 10.1. The minimum Gasteiger partial charge on any atom is -0.444 e. The molecule has 1 rings (SSSR count). The molecule has 0 aliphatic carbocycles. The quantitative estimate of drug-likeness (QED) is 0.726. The third-order valence-corrected chi connectivity index (χ3v) is 3.24. The summed E-state index contributed by atoms with van der Waals surface area (Å²) in [6, 6.07) is 0. The predicted molar refractivity (Wildman–Crippen MR) is 71.7 cm³/mol. The lowest BCUT2D eigenvalue weighted by molar-refractivity contribution is 0.0221. The molecule has 0 aromatic carbocycles. The topological polar surface area (TPSA) is 72.9 Å². The second-order valence-electron chi connectivity index (χ2n) is 5.97. The SMILES string of the molecule is CC(C)(C)OC(=O)N1CCC(OS(C)(=O)=O)CC(F)C1. The molecule has 0 spiro atoms. The van der Waals surface area contributed by atoms with E-state index in [-0.39, 0.29) is 25.9 Å². The van der Waals surface area contributed by atoms with E-state index in [0.717, 1.165) is 6.26 Å². The van der Waals surface area contributed by atoms with Crippen LogP contribution in [0.15, 0.2) is 0 Å². The van der Waals surface area contributed by atoms with Gasteiger partial charge < -0.3 is 9.64 Å². The number of likely N-dealkylation sites (tertiary alicyclic amines) is 1. The maximum Gasteiger partial charge on any atom is 0.410 e. The highest BCUT2D eigenvalue weighted by molar-refractivity contribution is 7.86. The van der Waals surface area contributed by atoms with Crippen molar-refractivity contribution in [2.45, 2.75) is 51.5 Å². The molecule has 1 heterocycles. The van der Waals surface area contributed by atoms with Crippen molar-refractivity contribution < 1.29 is 26.5 Å². The summed E-state index contributed by atoms with van der Waals surface area (Å²) >= 11 is 0. The van der Waals surface area contributed by atoms with Gasteiger partial charge in [0.05, 0.1) is 18.9 Å². The van der Waals surface area contributed by atoms with Crippen LogP contribution in [0.2, 0.25) is 0 Å². The molecule has 0 aromatic heterocycles. The monoisotopic (exact) mass is 311 g/mol. The molecule has 0 N–H and O–H groups in total. The highest BCUT2D eigenvalue weighted by Gasteiger charge is 2.31. The molecule has 0 saturated carbocycles. The maximum absolute atomic E-state index is 13.8. The van der Waals surface area contributed by atoms with Crippen molar-refractivity contribution in [3.63, 3.8) is 0 Å². The van der Waals surface area contributed by atoms with E-state index in [9.17, 15) is 17.6 Å². The third-order valence-electron chi connectivity index (χ3n) is 2.62. The summed E-state index contributed by atoms with van der Waals surface area (Å²) in [4.78, 5) is 13.1. The number of halogens is 1. The fraction of sp³-hybridized carbons (Fsp3) is 0.917. The number of carbonyl (C=O) groups is 1. The van der Waals surface area contributed by atoms with Gasteiger partial charge in [-0.1, -0.05) is 0 Å². The first-order valence-corrected chi connectivity index (χ1v) is 8.28. The van der Waals surface area contributed by atoms with Gasteiger partial charge in [-0.3, -0.25) is 4.18 Å². The Bertz CT molecular complexity index is 445. The van der Waals surface area contributed by atoms with E-state index in [1.54, 1.807) is 20.8 Å². The average Bonchev–Trinajstić information content (AvgIpc) is 2.34. The summed E-state index contributed by atoms with van der Waals surface area (Å²) in [7, 11) is -3.63. The molecule has 0 radical (unpaired) electrons. The van der Waals surface area contributed by atoms with Gasteiger partial charge >= 0.3 is 6.09 Å². The van der Waals surface area contributed by atoms with Crippen LogP contribution in [-0.2, 0) is 19.0 Å². The fourth-order valence-corrected chi connectivity index (χ4v) is 2.60. The summed E-state index contributed by atoms with van der Waals surface area (Å²) < 4.78 is 45.9. The minimum absolute atomic E-state index is 0.0492. The van der Waals surface area contributed by atoms with Crippen LogP contribution in [0, 0.1) is 0 Å². The standard InChI is InChI=1S/C12H22FNO5S/c1-12(2,3)18-11(15)14-6-5-10(7-9(13)8-14)19-20(4,16)17/h9-10H,5-8H2,1-4H3. The van der Waals surface area contributed by atoms with Gasteiger partial charge in [-0.15, -0.1) is 0 Å². The van der Waals surface area contributed by atoms with Gasteiger partial charge in [-0.05, 0) is 27.2 Å². The van der Waals surface area contributed by atoms with Crippen molar-refractivity contribution in [2.75, 3.05) is 19.3 Å². The molecule has 0 aromatic rings. The molecule has 0 bridgehead atoms. The zero-order valence-electron chi connectivity index (χ0n) is 12.3. The van der Waals surface area contributed by atoms with Crippen LogP contribution >= 0.6 is 0 Å². The first kappa shape index (κ1) is 17.2. The first-order valence-electron chi connectivity index (χ1n) is 6.46. The Hall–Kier alpha value is -0.890. The largest absolute Gasteiger partial charge is 0.444 e. The molecule has 6 nitrogen and oxygen atoms in total. The van der Waals surface area contributed by atoms with Crippen molar-refractivity contribution >= 4 is 16.2 Å². The summed E-state index contributed by atoms with van der Waals surface area (Å²) in [6.07, 6.45) is -1.54. The lowest BCUT2D eigenvalue weighted by Crippen LogP contribution is -2.39. The summed E-state index contributed by atoms with van der Waals surface area (Å²) in [5.74, 6) is 0. The van der Waals surface area contributed by atoms with Gasteiger partial charge in [-0.25, -0.2) is 9.18 Å². The van der Waals surface area contributed by atoms with Crippen LogP contribution < -0.4 is 0 Å². The number of ether oxygens (including phenoxy) is 1. The third kappa shape index (κ3) is 6.51. The number of amides is 1. The van der Waals surface area contributed by atoms with Crippen molar-refractivity contribution in [1.82, 2.24) is 4.90 Å².